The Hall–Kier alpha value is -1.26. The Labute approximate surface area is 118 Å². The van der Waals surface area contributed by atoms with E-state index in [0.29, 0.717) is 26.1 Å². The Morgan fingerprint density at radius 2 is 1.70 bits per heavy atom. The van der Waals surface area contributed by atoms with Gasteiger partial charge in [-0.1, -0.05) is 6.07 Å². The number of fused-ring (bicyclic) bond motifs is 3. The van der Waals surface area contributed by atoms with Gasteiger partial charge in [0, 0.05) is 19.3 Å². The first kappa shape index (κ1) is 12.5. The smallest absolute Gasteiger partial charge is 0.161 e. The summed E-state index contributed by atoms with van der Waals surface area (Å²) in [7, 11) is 0. The monoisotopic (exact) mass is 276 g/mol. The van der Waals surface area contributed by atoms with Gasteiger partial charge >= 0.3 is 0 Å². The van der Waals surface area contributed by atoms with Gasteiger partial charge < -0.3 is 19.3 Å². The molecule has 3 aliphatic rings. The summed E-state index contributed by atoms with van der Waals surface area (Å²) < 4.78 is 17.2. The molecule has 4 rings (SSSR count). The van der Waals surface area contributed by atoms with Crippen molar-refractivity contribution in [2.24, 2.45) is 0 Å². The van der Waals surface area contributed by atoms with Crippen LogP contribution < -0.4 is 9.47 Å². The third kappa shape index (κ3) is 2.07. The minimum Gasteiger partial charge on any atom is -0.490 e. The number of aliphatic hydroxyl groups is 1. The Balaban J connectivity index is 1.66. The minimum absolute atomic E-state index is 0.203. The van der Waals surface area contributed by atoms with Crippen molar-refractivity contribution in [2.45, 2.75) is 49.9 Å². The number of ether oxygens (including phenoxy) is 3. The van der Waals surface area contributed by atoms with Crippen LogP contribution in [0.2, 0.25) is 0 Å². The summed E-state index contributed by atoms with van der Waals surface area (Å²) in [5, 5.41) is 11.0. The van der Waals surface area contributed by atoms with Gasteiger partial charge in [0.05, 0.1) is 31.0 Å². The van der Waals surface area contributed by atoms with E-state index in [2.05, 4.69) is 0 Å². The molecule has 0 aromatic heterocycles. The van der Waals surface area contributed by atoms with Gasteiger partial charge in [0.2, 0.25) is 0 Å². The number of rotatable bonds is 1. The molecule has 2 unspecified atom stereocenters. The molecule has 1 aromatic carbocycles. The first-order valence-electron chi connectivity index (χ1n) is 7.51. The summed E-state index contributed by atoms with van der Waals surface area (Å²) in [5.41, 5.74) is 0.149. The Morgan fingerprint density at radius 3 is 2.45 bits per heavy atom. The summed E-state index contributed by atoms with van der Waals surface area (Å²) >= 11 is 0. The van der Waals surface area contributed by atoms with E-state index in [-0.39, 0.29) is 12.2 Å². The van der Waals surface area contributed by atoms with Crippen LogP contribution in [-0.4, -0.2) is 30.5 Å². The molecule has 0 amide bonds. The van der Waals surface area contributed by atoms with Crippen LogP contribution in [0.1, 0.15) is 37.7 Å². The number of hydrogen-bond donors (Lipinski definition) is 1. The summed E-state index contributed by atoms with van der Waals surface area (Å²) in [6.45, 7) is 1.36. The molecule has 2 atom stereocenters. The topological polar surface area (TPSA) is 47.9 Å². The van der Waals surface area contributed by atoms with Gasteiger partial charge in [-0.2, -0.15) is 0 Å². The highest BCUT2D eigenvalue weighted by Gasteiger charge is 2.44. The lowest BCUT2D eigenvalue weighted by atomic mass is 9.83. The van der Waals surface area contributed by atoms with Gasteiger partial charge in [-0.05, 0) is 30.5 Å². The van der Waals surface area contributed by atoms with Crippen molar-refractivity contribution in [3.8, 4) is 11.5 Å². The zero-order valence-corrected chi connectivity index (χ0v) is 11.5. The van der Waals surface area contributed by atoms with Crippen LogP contribution in [-0.2, 0) is 10.3 Å². The Morgan fingerprint density at radius 1 is 1.00 bits per heavy atom. The average Bonchev–Trinajstić information content (AvgIpc) is 2.66. The van der Waals surface area contributed by atoms with E-state index in [0.717, 1.165) is 36.3 Å². The van der Waals surface area contributed by atoms with Gasteiger partial charge in [-0.25, -0.2) is 0 Å². The zero-order valence-electron chi connectivity index (χ0n) is 11.5. The van der Waals surface area contributed by atoms with Crippen LogP contribution in [0.4, 0.5) is 0 Å². The van der Waals surface area contributed by atoms with Crippen molar-refractivity contribution in [1.29, 1.82) is 0 Å². The molecule has 4 heteroatoms. The fourth-order valence-electron chi connectivity index (χ4n) is 3.61. The Bertz CT molecular complexity index is 501. The molecule has 0 radical (unpaired) electrons. The summed E-state index contributed by atoms with van der Waals surface area (Å²) in [6.07, 6.45) is 4.80. The first-order valence-corrected chi connectivity index (χ1v) is 7.51. The molecule has 0 spiro atoms. The molecule has 3 aliphatic heterocycles. The fraction of sp³-hybridized carbons (Fsp3) is 0.625. The second-order valence-corrected chi connectivity index (χ2v) is 6.11. The van der Waals surface area contributed by atoms with Crippen LogP contribution in [0.3, 0.4) is 0 Å². The maximum atomic E-state index is 11.0. The zero-order chi connectivity index (χ0) is 13.6. The highest BCUT2D eigenvalue weighted by molar-refractivity contribution is 5.45. The van der Waals surface area contributed by atoms with Gasteiger partial charge in [0.1, 0.15) is 0 Å². The molecule has 2 saturated heterocycles. The van der Waals surface area contributed by atoms with Crippen LogP contribution >= 0.6 is 0 Å². The van der Waals surface area contributed by atoms with Gasteiger partial charge in [0.15, 0.2) is 11.5 Å². The molecule has 20 heavy (non-hydrogen) atoms. The van der Waals surface area contributed by atoms with Gasteiger partial charge in [-0.15, -0.1) is 0 Å². The fourth-order valence-corrected chi connectivity index (χ4v) is 3.61. The lowest BCUT2D eigenvalue weighted by Crippen LogP contribution is -2.38. The lowest BCUT2D eigenvalue weighted by molar-refractivity contribution is -0.115. The largest absolute Gasteiger partial charge is 0.490 e. The molecular weight excluding hydrogens is 256 g/mol. The predicted molar refractivity (Wildman–Crippen MR) is 73.1 cm³/mol. The van der Waals surface area contributed by atoms with Crippen molar-refractivity contribution < 1.29 is 19.3 Å². The van der Waals surface area contributed by atoms with E-state index in [1.54, 1.807) is 0 Å². The van der Waals surface area contributed by atoms with Crippen LogP contribution in [0, 0.1) is 0 Å². The van der Waals surface area contributed by atoms with E-state index in [1.165, 1.54) is 0 Å². The van der Waals surface area contributed by atoms with Crippen molar-refractivity contribution in [2.75, 3.05) is 13.2 Å². The number of benzene rings is 1. The highest BCUT2D eigenvalue weighted by Crippen LogP contribution is 2.45. The summed E-state index contributed by atoms with van der Waals surface area (Å²) in [6, 6.07) is 5.84. The Kier molecular flexibility index (Phi) is 2.89. The van der Waals surface area contributed by atoms with E-state index in [4.69, 9.17) is 14.2 Å². The molecular formula is C16H20O4. The molecule has 2 bridgehead atoms. The molecule has 3 heterocycles. The van der Waals surface area contributed by atoms with Crippen LogP contribution in [0.25, 0.3) is 0 Å². The van der Waals surface area contributed by atoms with Crippen LogP contribution in [0.15, 0.2) is 18.2 Å². The third-order valence-corrected chi connectivity index (χ3v) is 4.61. The van der Waals surface area contributed by atoms with Crippen molar-refractivity contribution >= 4 is 0 Å². The maximum Gasteiger partial charge on any atom is 0.161 e. The summed E-state index contributed by atoms with van der Waals surface area (Å²) in [4.78, 5) is 0. The van der Waals surface area contributed by atoms with Crippen molar-refractivity contribution in [3.05, 3.63) is 23.8 Å². The van der Waals surface area contributed by atoms with E-state index >= 15 is 0 Å². The standard InChI is InChI=1S/C16H20O4/c17-16(9-12-3-4-13(10-16)20-12)11-2-5-14-15(8-11)19-7-1-6-18-14/h2,5,8,12-13,17H,1,3-4,6-7,9-10H2. The second-order valence-electron chi connectivity index (χ2n) is 6.11. The predicted octanol–water partition coefficient (Wildman–Crippen LogP) is 2.38. The quantitative estimate of drug-likeness (QED) is 0.855. The third-order valence-electron chi connectivity index (χ3n) is 4.61. The molecule has 108 valence electrons. The first-order chi connectivity index (χ1) is 9.73. The van der Waals surface area contributed by atoms with Gasteiger partial charge in [0.25, 0.3) is 0 Å². The van der Waals surface area contributed by atoms with E-state index in [9.17, 15) is 5.11 Å². The SMILES string of the molecule is OC1(c2ccc3c(c2)OCCCO3)CC2CCC(C1)O2. The molecule has 1 aromatic rings. The van der Waals surface area contributed by atoms with E-state index in [1.807, 2.05) is 18.2 Å². The second kappa shape index (κ2) is 4.64. The van der Waals surface area contributed by atoms with Crippen molar-refractivity contribution in [3.63, 3.8) is 0 Å². The van der Waals surface area contributed by atoms with Gasteiger partial charge in [-0.3, -0.25) is 0 Å². The molecule has 2 fully saturated rings. The molecule has 0 saturated carbocycles. The highest BCUT2D eigenvalue weighted by atomic mass is 16.5. The minimum atomic E-state index is -0.783. The lowest BCUT2D eigenvalue weighted by Gasteiger charge is -2.37. The molecule has 0 aliphatic carbocycles. The molecule has 4 nitrogen and oxygen atoms in total. The maximum absolute atomic E-state index is 11.0. The van der Waals surface area contributed by atoms with Crippen LogP contribution in [0.5, 0.6) is 11.5 Å². The van der Waals surface area contributed by atoms with E-state index < -0.39 is 5.60 Å². The average molecular weight is 276 g/mol. The normalized spacial score (nSPS) is 35.6. The summed E-state index contributed by atoms with van der Waals surface area (Å²) in [5.74, 6) is 1.54. The molecule has 1 N–H and O–H groups in total. The van der Waals surface area contributed by atoms with Crippen molar-refractivity contribution in [1.82, 2.24) is 0 Å². The number of hydrogen-bond acceptors (Lipinski definition) is 4.